The van der Waals surface area contributed by atoms with Crippen molar-refractivity contribution in [2.75, 3.05) is 13.1 Å². The number of nitrogens with one attached hydrogen (secondary N) is 2. The van der Waals surface area contributed by atoms with E-state index < -0.39 is 0 Å². The van der Waals surface area contributed by atoms with Crippen molar-refractivity contribution in [2.45, 2.75) is 38.6 Å². The average Bonchev–Trinajstić information content (AvgIpc) is 2.92. The van der Waals surface area contributed by atoms with Gasteiger partial charge in [0.15, 0.2) is 0 Å². The van der Waals surface area contributed by atoms with Crippen LogP contribution in [0.5, 0.6) is 0 Å². The van der Waals surface area contributed by atoms with Crippen LogP contribution in [0.25, 0.3) is 11.0 Å². The molecule has 1 atom stereocenters. The molecule has 2 heterocycles. The molecule has 1 aliphatic rings. The predicted octanol–water partition coefficient (Wildman–Crippen LogP) is 2.16. The van der Waals surface area contributed by atoms with Gasteiger partial charge >= 0.3 is 5.69 Å². The first-order valence-electron chi connectivity index (χ1n) is 6.93. The third kappa shape index (κ3) is 2.00. The van der Waals surface area contributed by atoms with Crippen molar-refractivity contribution in [2.24, 2.45) is 0 Å². The molecule has 2 aromatic rings. The minimum Gasteiger partial charge on any atom is -0.315 e. The van der Waals surface area contributed by atoms with E-state index in [-0.39, 0.29) is 17.1 Å². The average molecular weight is 259 g/mol. The number of fused-ring (bicyclic) bond motifs is 1. The summed E-state index contributed by atoms with van der Waals surface area (Å²) in [6.45, 7) is 8.40. The van der Waals surface area contributed by atoms with E-state index in [0.29, 0.717) is 0 Å². The van der Waals surface area contributed by atoms with Gasteiger partial charge < -0.3 is 10.3 Å². The van der Waals surface area contributed by atoms with E-state index in [9.17, 15) is 4.79 Å². The Morgan fingerprint density at radius 3 is 2.74 bits per heavy atom. The van der Waals surface area contributed by atoms with Crippen LogP contribution in [0.2, 0.25) is 0 Å². The third-order valence-corrected chi connectivity index (χ3v) is 3.96. The largest absolute Gasteiger partial charge is 0.326 e. The molecule has 0 radical (unpaired) electrons. The summed E-state index contributed by atoms with van der Waals surface area (Å²) in [6.07, 6.45) is 1.02. The normalized spacial score (nSPS) is 20.3. The van der Waals surface area contributed by atoms with Crippen LogP contribution >= 0.6 is 0 Å². The summed E-state index contributed by atoms with van der Waals surface area (Å²) in [5.74, 6) is 0. The molecule has 4 heteroatoms. The van der Waals surface area contributed by atoms with Crippen LogP contribution in [-0.2, 0) is 5.41 Å². The van der Waals surface area contributed by atoms with Gasteiger partial charge in [-0.2, -0.15) is 0 Å². The minimum absolute atomic E-state index is 0.0143. The van der Waals surface area contributed by atoms with Crippen molar-refractivity contribution in [1.29, 1.82) is 0 Å². The van der Waals surface area contributed by atoms with E-state index in [1.165, 1.54) is 5.56 Å². The number of benzene rings is 1. The second kappa shape index (κ2) is 4.23. The second-order valence-electron chi connectivity index (χ2n) is 6.40. The van der Waals surface area contributed by atoms with Crippen molar-refractivity contribution in [3.8, 4) is 0 Å². The molecule has 1 aromatic carbocycles. The first-order chi connectivity index (χ1) is 8.98. The van der Waals surface area contributed by atoms with Crippen molar-refractivity contribution < 1.29 is 0 Å². The molecular formula is C15H21N3O. The first-order valence-corrected chi connectivity index (χ1v) is 6.93. The third-order valence-electron chi connectivity index (χ3n) is 3.96. The molecule has 3 rings (SSSR count). The Bertz CT molecular complexity index is 654. The van der Waals surface area contributed by atoms with Gasteiger partial charge in [-0.1, -0.05) is 32.9 Å². The maximum atomic E-state index is 12.3. The number of hydrogen-bond donors (Lipinski definition) is 2. The molecule has 1 saturated heterocycles. The van der Waals surface area contributed by atoms with E-state index in [2.05, 4.69) is 43.2 Å². The van der Waals surface area contributed by atoms with E-state index in [4.69, 9.17) is 0 Å². The Labute approximate surface area is 112 Å². The highest BCUT2D eigenvalue weighted by molar-refractivity contribution is 5.80. The monoisotopic (exact) mass is 259 g/mol. The molecule has 1 unspecified atom stereocenters. The number of imidazole rings is 1. The van der Waals surface area contributed by atoms with Crippen molar-refractivity contribution in [3.63, 3.8) is 0 Å². The maximum Gasteiger partial charge on any atom is 0.326 e. The number of aromatic nitrogens is 2. The molecule has 0 bridgehead atoms. The smallest absolute Gasteiger partial charge is 0.315 e. The predicted molar refractivity (Wildman–Crippen MR) is 77.8 cm³/mol. The highest BCUT2D eigenvalue weighted by Gasteiger charge is 2.24. The number of nitrogens with zero attached hydrogens (tertiary/aromatic N) is 1. The summed E-state index contributed by atoms with van der Waals surface area (Å²) in [5.41, 5.74) is 3.27. The van der Waals surface area contributed by atoms with E-state index in [0.717, 1.165) is 30.5 Å². The van der Waals surface area contributed by atoms with Crippen LogP contribution < -0.4 is 11.0 Å². The molecule has 1 fully saturated rings. The van der Waals surface area contributed by atoms with Gasteiger partial charge in [-0.15, -0.1) is 0 Å². The molecule has 4 nitrogen and oxygen atoms in total. The van der Waals surface area contributed by atoms with Gasteiger partial charge in [-0.25, -0.2) is 4.79 Å². The van der Waals surface area contributed by atoms with Crippen LogP contribution in [-0.4, -0.2) is 22.6 Å². The van der Waals surface area contributed by atoms with Crippen LogP contribution in [0, 0.1) is 0 Å². The van der Waals surface area contributed by atoms with Gasteiger partial charge in [0.2, 0.25) is 0 Å². The Balaban J connectivity index is 2.25. The molecule has 19 heavy (non-hydrogen) atoms. The highest BCUT2D eigenvalue weighted by atomic mass is 16.1. The van der Waals surface area contributed by atoms with Crippen LogP contribution in [0.4, 0.5) is 0 Å². The summed E-state index contributed by atoms with van der Waals surface area (Å²) in [6, 6.07) is 6.47. The molecule has 0 aliphatic carbocycles. The lowest BCUT2D eigenvalue weighted by Gasteiger charge is -2.20. The fourth-order valence-corrected chi connectivity index (χ4v) is 3.00. The number of hydrogen-bond acceptors (Lipinski definition) is 2. The van der Waals surface area contributed by atoms with Gasteiger partial charge in [0.25, 0.3) is 0 Å². The van der Waals surface area contributed by atoms with E-state index >= 15 is 0 Å². The standard InChI is InChI=1S/C15H21N3O/c1-15(2,3)11-5-4-6-12-13(11)17-14(19)18(12)10-7-8-16-9-10/h4-6,10,16H,7-9H2,1-3H3,(H,17,19). The molecule has 2 N–H and O–H groups in total. The Kier molecular flexibility index (Phi) is 2.78. The molecule has 1 aromatic heterocycles. The van der Waals surface area contributed by atoms with E-state index in [1.54, 1.807) is 0 Å². The molecule has 0 amide bonds. The Morgan fingerprint density at radius 1 is 1.32 bits per heavy atom. The SMILES string of the molecule is CC(C)(C)c1cccc2c1[nH]c(=O)n2C1CCNC1. The summed E-state index contributed by atoms with van der Waals surface area (Å²) in [7, 11) is 0. The van der Waals surface area contributed by atoms with Gasteiger partial charge in [0.1, 0.15) is 0 Å². The minimum atomic E-state index is 0.0143. The molecular weight excluding hydrogens is 238 g/mol. The van der Waals surface area contributed by atoms with Gasteiger partial charge in [-0.3, -0.25) is 4.57 Å². The Morgan fingerprint density at radius 2 is 2.11 bits per heavy atom. The number of rotatable bonds is 1. The fraction of sp³-hybridized carbons (Fsp3) is 0.533. The van der Waals surface area contributed by atoms with Crippen molar-refractivity contribution >= 4 is 11.0 Å². The zero-order valence-corrected chi connectivity index (χ0v) is 11.8. The van der Waals surface area contributed by atoms with Crippen LogP contribution in [0.3, 0.4) is 0 Å². The zero-order chi connectivity index (χ0) is 13.6. The number of aromatic amines is 1. The molecule has 0 spiro atoms. The van der Waals surface area contributed by atoms with Gasteiger partial charge in [0, 0.05) is 6.54 Å². The topological polar surface area (TPSA) is 49.8 Å². The fourth-order valence-electron chi connectivity index (χ4n) is 3.00. The number of H-pyrrole nitrogens is 1. The quantitative estimate of drug-likeness (QED) is 0.824. The first kappa shape index (κ1) is 12.5. The van der Waals surface area contributed by atoms with Gasteiger partial charge in [0.05, 0.1) is 17.1 Å². The zero-order valence-electron chi connectivity index (χ0n) is 11.8. The molecule has 1 aliphatic heterocycles. The lowest BCUT2D eigenvalue weighted by molar-refractivity contribution is 0.546. The van der Waals surface area contributed by atoms with Crippen molar-refractivity contribution in [3.05, 3.63) is 34.2 Å². The lowest BCUT2D eigenvalue weighted by Crippen LogP contribution is -2.23. The summed E-state index contributed by atoms with van der Waals surface area (Å²) in [5, 5.41) is 3.32. The summed E-state index contributed by atoms with van der Waals surface area (Å²) < 4.78 is 1.92. The summed E-state index contributed by atoms with van der Waals surface area (Å²) in [4.78, 5) is 15.3. The summed E-state index contributed by atoms with van der Waals surface area (Å²) >= 11 is 0. The molecule has 102 valence electrons. The highest BCUT2D eigenvalue weighted by Crippen LogP contribution is 2.29. The van der Waals surface area contributed by atoms with Crippen LogP contribution in [0.1, 0.15) is 38.8 Å². The van der Waals surface area contributed by atoms with Crippen LogP contribution in [0.15, 0.2) is 23.0 Å². The lowest BCUT2D eigenvalue weighted by atomic mass is 9.86. The van der Waals surface area contributed by atoms with Gasteiger partial charge in [-0.05, 0) is 30.0 Å². The number of para-hydroxylation sites is 1. The maximum absolute atomic E-state index is 12.3. The van der Waals surface area contributed by atoms with Crippen molar-refractivity contribution in [1.82, 2.24) is 14.9 Å². The van der Waals surface area contributed by atoms with E-state index in [1.807, 2.05) is 10.6 Å². The molecule has 0 saturated carbocycles. The Hall–Kier alpha value is -1.55. The second-order valence-corrected chi connectivity index (χ2v) is 6.40.